The van der Waals surface area contributed by atoms with E-state index < -0.39 is 4.92 Å². The molecule has 0 spiro atoms. The summed E-state index contributed by atoms with van der Waals surface area (Å²) >= 11 is 0. The quantitative estimate of drug-likeness (QED) is 0.647. The number of nitro benzene ring substituents is 1. The van der Waals surface area contributed by atoms with Gasteiger partial charge in [0.1, 0.15) is 5.69 Å². The Morgan fingerprint density at radius 2 is 2.14 bits per heavy atom. The van der Waals surface area contributed by atoms with E-state index in [2.05, 4.69) is 15.6 Å². The van der Waals surface area contributed by atoms with E-state index in [9.17, 15) is 14.9 Å². The molecule has 0 atom stereocenters. The molecule has 0 unspecified atom stereocenters. The van der Waals surface area contributed by atoms with Gasteiger partial charge in [-0.15, -0.1) is 0 Å². The van der Waals surface area contributed by atoms with Crippen molar-refractivity contribution in [2.45, 2.75) is 6.54 Å². The topological polar surface area (TPSA) is 97.2 Å². The lowest BCUT2D eigenvalue weighted by Crippen LogP contribution is -2.18. The molecule has 2 N–H and O–H groups in total. The summed E-state index contributed by atoms with van der Waals surface area (Å²) in [4.78, 5) is 26.2. The van der Waals surface area contributed by atoms with Crippen molar-refractivity contribution in [2.75, 3.05) is 12.4 Å². The van der Waals surface area contributed by atoms with Crippen LogP contribution in [0.4, 0.5) is 11.4 Å². The first-order valence-corrected chi connectivity index (χ1v) is 6.26. The Labute approximate surface area is 121 Å². The summed E-state index contributed by atoms with van der Waals surface area (Å²) < 4.78 is 0. The smallest absolute Gasteiger partial charge is 0.293 e. The Morgan fingerprint density at radius 1 is 1.33 bits per heavy atom. The van der Waals surface area contributed by atoms with Crippen molar-refractivity contribution in [2.24, 2.45) is 0 Å². The van der Waals surface area contributed by atoms with Crippen LogP contribution in [0, 0.1) is 10.1 Å². The molecule has 0 aliphatic carbocycles. The van der Waals surface area contributed by atoms with Crippen molar-refractivity contribution >= 4 is 17.3 Å². The third kappa shape index (κ3) is 3.53. The second-order valence-electron chi connectivity index (χ2n) is 4.24. The van der Waals surface area contributed by atoms with E-state index in [4.69, 9.17) is 0 Å². The summed E-state index contributed by atoms with van der Waals surface area (Å²) in [5.74, 6) is -0.366. The van der Waals surface area contributed by atoms with Gasteiger partial charge in [-0.1, -0.05) is 6.07 Å². The van der Waals surface area contributed by atoms with Gasteiger partial charge in [-0.3, -0.25) is 19.9 Å². The predicted molar refractivity (Wildman–Crippen MR) is 78.1 cm³/mol. The maximum absolute atomic E-state index is 11.5. The van der Waals surface area contributed by atoms with Gasteiger partial charge in [0.25, 0.3) is 11.6 Å². The van der Waals surface area contributed by atoms with Crippen LogP contribution in [0.3, 0.4) is 0 Å². The minimum Gasteiger partial charge on any atom is -0.374 e. The fourth-order valence-corrected chi connectivity index (χ4v) is 1.81. The number of pyridine rings is 1. The van der Waals surface area contributed by atoms with Gasteiger partial charge in [0.05, 0.1) is 17.2 Å². The molecule has 7 nitrogen and oxygen atoms in total. The van der Waals surface area contributed by atoms with Gasteiger partial charge in [0.2, 0.25) is 0 Å². The number of carbonyl (C=O) groups excluding carboxylic acids is 1. The van der Waals surface area contributed by atoms with E-state index >= 15 is 0 Å². The number of amides is 1. The van der Waals surface area contributed by atoms with Crippen LogP contribution in [-0.2, 0) is 6.54 Å². The summed E-state index contributed by atoms with van der Waals surface area (Å²) in [7, 11) is 1.47. The van der Waals surface area contributed by atoms with Crippen LogP contribution in [0.2, 0.25) is 0 Å². The first-order valence-electron chi connectivity index (χ1n) is 6.26. The minimum atomic E-state index is -0.521. The lowest BCUT2D eigenvalue weighted by atomic mass is 10.1. The van der Waals surface area contributed by atoms with Gasteiger partial charge in [-0.05, 0) is 24.3 Å². The zero-order chi connectivity index (χ0) is 15.2. The molecule has 0 saturated heterocycles. The molecule has 0 bridgehead atoms. The Kier molecular flexibility index (Phi) is 4.45. The molecule has 7 heteroatoms. The van der Waals surface area contributed by atoms with Crippen LogP contribution in [0.5, 0.6) is 0 Å². The largest absolute Gasteiger partial charge is 0.374 e. The van der Waals surface area contributed by atoms with Crippen LogP contribution in [-0.4, -0.2) is 22.9 Å². The first-order chi connectivity index (χ1) is 10.1. The number of nitrogens with one attached hydrogen (secondary N) is 2. The second kappa shape index (κ2) is 6.47. The molecule has 108 valence electrons. The number of rotatable bonds is 5. The van der Waals surface area contributed by atoms with Gasteiger partial charge in [0.15, 0.2) is 0 Å². The predicted octanol–water partition coefficient (Wildman–Crippen LogP) is 1.96. The van der Waals surface area contributed by atoms with Gasteiger partial charge in [0, 0.05) is 24.9 Å². The van der Waals surface area contributed by atoms with E-state index in [1.807, 2.05) is 12.1 Å². The first kappa shape index (κ1) is 14.4. The molecule has 1 amide bonds. The molecule has 0 radical (unpaired) electrons. The summed E-state index contributed by atoms with van der Waals surface area (Å²) in [5, 5.41) is 16.5. The molecular weight excluding hydrogens is 272 g/mol. The summed E-state index contributed by atoms with van der Waals surface area (Å²) in [5.41, 5.74) is 1.21. The van der Waals surface area contributed by atoms with E-state index in [-0.39, 0.29) is 17.2 Å². The third-order valence-corrected chi connectivity index (χ3v) is 2.87. The molecule has 21 heavy (non-hydrogen) atoms. The molecule has 2 rings (SSSR count). The highest BCUT2D eigenvalue weighted by Gasteiger charge is 2.17. The molecule has 1 heterocycles. The minimum absolute atomic E-state index is 0.146. The molecule has 0 saturated carbocycles. The van der Waals surface area contributed by atoms with Crippen molar-refractivity contribution in [1.29, 1.82) is 0 Å². The zero-order valence-electron chi connectivity index (χ0n) is 11.4. The summed E-state index contributed by atoms with van der Waals surface area (Å²) in [6.07, 6.45) is 1.65. The van der Waals surface area contributed by atoms with E-state index in [1.54, 1.807) is 12.3 Å². The number of aromatic nitrogens is 1. The lowest BCUT2D eigenvalue weighted by molar-refractivity contribution is -0.384. The standard InChI is InChI=1S/C14H14N4O3/c1-15-14(19)10-5-6-12(13(8-10)18(20)21)17-9-11-4-2-3-7-16-11/h2-8,17H,9H2,1H3,(H,15,19). The zero-order valence-corrected chi connectivity index (χ0v) is 11.4. The number of anilines is 1. The highest BCUT2D eigenvalue weighted by Crippen LogP contribution is 2.26. The van der Waals surface area contributed by atoms with Crippen molar-refractivity contribution in [3.8, 4) is 0 Å². The number of carbonyl (C=O) groups is 1. The van der Waals surface area contributed by atoms with Gasteiger partial charge < -0.3 is 10.6 Å². The highest BCUT2D eigenvalue weighted by molar-refractivity contribution is 5.95. The van der Waals surface area contributed by atoms with Crippen molar-refractivity contribution in [3.63, 3.8) is 0 Å². The molecule has 2 aromatic rings. The van der Waals surface area contributed by atoms with Crippen molar-refractivity contribution in [1.82, 2.24) is 10.3 Å². The number of hydrogen-bond donors (Lipinski definition) is 2. The summed E-state index contributed by atoms with van der Waals surface area (Å²) in [6, 6.07) is 9.76. The van der Waals surface area contributed by atoms with Crippen LogP contribution < -0.4 is 10.6 Å². The molecule has 0 aliphatic heterocycles. The number of nitrogens with zero attached hydrogens (tertiary/aromatic N) is 2. The van der Waals surface area contributed by atoms with E-state index in [0.717, 1.165) is 5.69 Å². The monoisotopic (exact) mass is 286 g/mol. The van der Waals surface area contributed by atoms with Crippen LogP contribution in [0.15, 0.2) is 42.6 Å². The van der Waals surface area contributed by atoms with Crippen LogP contribution in [0.1, 0.15) is 16.1 Å². The van der Waals surface area contributed by atoms with E-state index in [0.29, 0.717) is 12.2 Å². The number of hydrogen-bond acceptors (Lipinski definition) is 5. The number of nitro groups is 1. The van der Waals surface area contributed by atoms with Crippen LogP contribution >= 0.6 is 0 Å². The van der Waals surface area contributed by atoms with E-state index in [1.165, 1.54) is 25.2 Å². The second-order valence-corrected chi connectivity index (χ2v) is 4.24. The van der Waals surface area contributed by atoms with Crippen molar-refractivity contribution in [3.05, 3.63) is 64.0 Å². The highest BCUT2D eigenvalue weighted by atomic mass is 16.6. The van der Waals surface area contributed by atoms with Gasteiger partial charge >= 0.3 is 0 Å². The molecule has 1 aromatic carbocycles. The Bertz CT molecular complexity index is 659. The average molecular weight is 286 g/mol. The molecule has 0 aliphatic rings. The average Bonchev–Trinajstić information content (AvgIpc) is 2.52. The molecule has 0 fully saturated rings. The summed E-state index contributed by atoms with van der Waals surface area (Å²) in [6.45, 7) is 0.362. The van der Waals surface area contributed by atoms with Gasteiger partial charge in [-0.25, -0.2) is 0 Å². The van der Waals surface area contributed by atoms with Crippen LogP contribution in [0.25, 0.3) is 0 Å². The molecular formula is C14H14N4O3. The maximum Gasteiger partial charge on any atom is 0.293 e. The maximum atomic E-state index is 11.5. The number of benzene rings is 1. The normalized spacial score (nSPS) is 9.95. The fraction of sp³-hybridized carbons (Fsp3) is 0.143. The SMILES string of the molecule is CNC(=O)c1ccc(NCc2ccccn2)c([N+](=O)[O-])c1. The lowest BCUT2D eigenvalue weighted by Gasteiger charge is -2.08. The van der Waals surface area contributed by atoms with Crippen molar-refractivity contribution < 1.29 is 9.72 Å². The third-order valence-electron chi connectivity index (χ3n) is 2.87. The Hall–Kier alpha value is -2.96. The van der Waals surface area contributed by atoms with Gasteiger partial charge in [-0.2, -0.15) is 0 Å². The fourth-order valence-electron chi connectivity index (χ4n) is 1.81. The Balaban J connectivity index is 2.22. The molecule has 1 aromatic heterocycles. The Morgan fingerprint density at radius 3 is 2.76 bits per heavy atom.